The third kappa shape index (κ3) is 7.09. The van der Waals surface area contributed by atoms with E-state index >= 15 is 0 Å². The van der Waals surface area contributed by atoms with Gasteiger partial charge in [0.25, 0.3) is 6.71 Å². The van der Waals surface area contributed by atoms with Crippen molar-refractivity contribution in [1.82, 2.24) is 13.7 Å². The zero-order chi connectivity index (χ0) is 57.6. The topological polar surface area (TPSA) is 14.8 Å². The lowest BCUT2D eigenvalue weighted by atomic mass is 9.33. The van der Waals surface area contributed by atoms with Crippen LogP contribution in [0.1, 0.15) is 158 Å². The molecule has 0 N–H and O–H groups in total. The van der Waals surface area contributed by atoms with Gasteiger partial charge in [0.15, 0.2) is 0 Å². The molecule has 0 bridgehead atoms. The van der Waals surface area contributed by atoms with Crippen LogP contribution in [-0.2, 0) is 32.5 Å². The van der Waals surface area contributed by atoms with E-state index in [9.17, 15) is 0 Å². The fraction of sp³-hybridized carbons (Fsp3) is 0.308. The van der Waals surface area contributed by atoms with E-state index < -0.39 is 0 Å². The van der Waals surface area contributed by atoms with Gasteiger partial charge < -0.3 is 13.7 Å². The first-order valence-corrected chi connectivity index (χ1v) is 30.3. The summed E-state index contributed by atoms with van der Waals surface area (Å²) in [6.07, 6.45) is 0. The van der Waals surface area contributed by atoms with E-state index in [1.54, 1.807) is 0 Å². The lowest BCUT2D eigenvalue weighted by molar-refractivity contribution is 0.590. The molecule has 3 nitrogen and oxygen atoms in total. The predicted octanol–water partition coefficient (Wildman–Crippen LogP) is 19.4. The van der Waals surface area contributed by atoms with Crippen molar-refractivity contribution in [1.29, 1.82) is 0 Å². The van der Waals surface area contributed by atoms with Crippen LogP contribution in [0.15, 0.2) is 146 Å². The Morgan fingerprint density at radius 3 is 1.11 bits per heavy atom. The number of benzene rings is 10. The molecule has 0 radical (unpaired) electrons. The summed E-state index contributed by atoms with van der Waals surface area (Å²) in [4.78, 5) is 0. The molecule has 0 unspecified atom stereocenters. The van der Waals surface area contributed by atoms with Crippen molar-refractivity contribution in [3.8, 4) is 17.1 Å². The molecule has 15 rings (SSSR count). The lowest BCUT2D eigenvalue weighted by Crippen LogP contribution is -2.59. The molecule has 0 aliphatic carbocycles. The standard InChI is InChI=1S/C78H78BN3/c1-73(2,3)43-23-29-63-54(33-43)55-34-44(74(4,5)6)24-30-64(55)80(63)49-27-28-51-53(41-49)50-21-19-20-22-52(50)68-58(51)42-67-69-72(68)82-66-32-26-46(76(10,11)12)36-57(66)60-38-48(78(16,17)18)40-62(71(60)82)79(69)61-39-47(77(13,14)15)37-59-56-35-45(75(7,8)9)25-31-65(56)81(67)70(59)61/h19-42H,1-18H3. The molecule has 3 aromatic heterocycles. The van der Waals surface area contributed by atoms with Crippen LogP contribution in [0.5, 0.6) is 0 Å². The summed E-state index contributed by atoms with van der Waals surface area (Å²) in [6, 6.07) is 59.0. The molecule has 5 heterocycles. The monoisotopic (exact) mass is 1070 g/mol. The first kappa shape index (κ1) is 51.3. The second-order valence-corrected chi connectivity index (χ2v) is 31.1. The minimum atomic E-state index is -0.0827. The number of hydrogen-bond donors (Lipinski definition) is 0. The molecular weight excluding hydrogens is 990 g/mol. The van der Waals surface area contributed by atoms with E-state index in [0.717, 1.165) is 0 Å². The van der Waals surface area contributed by atoms with Crippen LogP contribution in [0, 0.1) is 0 Å². The molecule has 0 atom stereocenters. The average molecular weight is 1070 g/mol. The zero-order valence-electron chi connectivity index (χ0n) is 51.8. The van der Waals surface area contributed by atoms with Crippen molar-refractivity contribution < 1.29 is 0 Å². The Bertz CT molecular complexity index is 4950. The van der Waals surface area contributed by atoms with Crippen LogP contribution in [0.3, 0.4) is 0 Å². The normalized spacial score (nSPS) is 14.2. The van der Waals surface area contributed by atoms with Crippen molar-refractivity contribution in [2.45, 2.75) is 157 Å². The molecule has 0 fully saturated rings. The van der Waals surface area contributed by atoms with Gasteiger partial charge in [0.1, 0.15) is 0 Å². The Kier molecular flexibility index (Phi) is 10.1. The molecule has 2 aliphatic heterocycles. The SMILES string of the molecule is CC(C)(C)c1ccc2c(c1)c1cc(C(C)(C)C)ccc1n2-c1ccc2c(c1)c1ccccc1c1c3c4c(cc21)-n1c2ccc(C(C)(C)C)cc2c2cc(C(C)(C)C)cc(c21)B4c1cc(C(C)(C)C)cc2c4cc(C(C)(C)C)ccc4n-3c12. The molecular formula is C78H78BN3. The summed E-state index contributed by atoms with van der Waals surface area (Å²) < 4.78 is 7.99. The Hall–Kier alpha value is -7.56. The van der Waals surface area contributed by atoms with Crippen molar-refractivity contribution in [2.75, 3.05) is 0 Å². The minimum absolute atomic E-state index is 0.0147. The van der Waals surface area contributed by atoms with Crippen LogP contribution in [0.2, 0.25) is 0 Å². The fourth-order valence-corrected chi connectivity index (χ4v) is 14.7. The van der Waals surface area contributed by atoms with E-state index in [1.807, 2.05) is 0 Å². The van der Waals surface area contributed by atoms with E-state index in [2.05, 4.69) is 284 Å². The highest BCUT2D eigenvalue weighted by Gasteiger charge is 2.44. The quantitative estimate of drug-likeness (QED) is 0.115. The van der Waals surface area contributed by atoms with E-state index in [-0.39, 0.29) is 39.2 Å². The first-order valence-electron chi connectivity index (χ1n) is 30.3. The molecule has 13 aromatic rings. The predicted molar refractivity (Wildman–Crippen MR) is 359 cm³/mol. The van der Waals surface area contributed by atoms with Crippen LogP contribution in [-0.4, -0.2) is 20.4 Å². The number of fused-ring (bicyclic) bond motifs is 20. The van der Waals surface area contributed by atoms with Crippen molar-refractivity contribution in [3.05, 3.63) is 179 Å². The second-order valence-electron chi connectivity index (χ2n) is 31.1. The molecule has 0 saturated heterocycles. The number of aromatic nitrogens is 3. The molecule has 10 aromatic carbocycles. The van der Waals surface area contributed by atoms with Crippen molar-refractivity contribution in [2.24, 2.45) is 0 Å². The summed E-state index contributed by atoms with van der Waals surface area (Å²) in [5.74, 6) is 0. The van der Waals surface area contributed by atoms with Gasteiger partial charge in [-0.15, -0.1) is 0 Å². The molecule has 82 heavy (non-hydrogen) atoms. The summed E-state index contributed by atoms with van der Waals surface area (Å²) in [6.45, 7) is 42.5. The summed E-state index contributed by atoms with van der Waals surface area (Å²) in [5.41, 5.74) is 23.7. The van der Waals surface area contributed by atoms with Gasteiger partial charge in [0.2, 0.25) is 0 Å². The highest BCUT2D eigenvalue weighted by Crippen LogP contribution is 2.49. The maximum absolute atomic E-state index is 2.75. The number of hydrogen-bond acceptors (Lipinski definition) is 0. The Balaban J connectivity index is 1.14. The van der Waals surface area contributed by atoms with Crippen LogP contribution >= 0.6 is 0 Å². The van der Waals surface area contributed by atoms with Gasteiger partial charge in [-0.25, -0.2) is 0 Å². The number of rotatable bonds is 1. The van der Waals surface area contributed by atoms with Gasteiger partial charge in [-0.2, -0.15) is 0 Å². The van der Waals surface area contributed by atoms with Crippen LogP contribution in [0.4, 0.5) is 0 Å². The highest BCUT2D eigenvalue weighted by molar-refractivity contribution is 7.00. The van der Waals surface area contributed by atoms with Crippen LogP contribution in [0.25, 0.3) is 115 Å². The molecule has 0 saturated carbocycles. The maximum atomic E-state index is 2.75. The summed E-state index contributed by atoms with van der Waals surface area (Å²) in [5, 5.41) is 15.7. The molecule has 408 valence electrons. The van der Waals surface area contributed by atoms with Crippen molar-refractivity contribution in [3.63, 3.8) is 0 Å². The maximum Gasteiger partial charge on any atom is 0.252 e. The van der Waals surface area contributed by atoms with Gasteiger partial charge in [0.05, 0.1) is 27.8 Å². The second kappa shape index (κ2) is 16.2. The Labute approximate surface area is 485 Å². The Morgan fingerprint density at radius 1 is 0.280 bits per heavy atom. The third-order valence-electron chi connectivity index (χ3n) is 19.5. The molecule has 0 spiro atoms. The van der Waals surface area contributed by atoms with Gasteiger partial charge in [-0.05, 0) is 188 Å². The smallest absolute Gasteiger partial charge is 0.252 e. The van der Waals surface area contributed by atoms with Crippen molar-refractivity contribution >= 4 is 121 Å². The van der Waals surface area contributed by atoms with Crippen LogP contribution < -0.4 is 16.4 Å². The zero-order valence-corrected chi connectivity index (χ0v) is 51.8. The Morgan fingerprint density at radius 2 is 0.659 bits per heavy atom. The number of nitrogens with zero attached hydrogens (tertiary/aromatic N) is 3. The molecule has 4 heteroatoms. The summed E-state index contributed by atoms with van der Waals surface area (Å²) in [7, 11) is 0. The minimum Gasteiger partial charge on any atom is -0.310 e. The summed E-state index contributed by atoms with van der Waals surface area (Å²) >= 11 is 0. The van der Waals surface area contributed by atoms with Gasteiger partial charge in [-0.1, -0.05) is 191 Å². The fourth-order valence-electron chi connectivity index (χ4n) is 14.7. The third-order valence-corrected chi connectivity index (χ3v) is 19.5. The van der Waals surface area contributed by atoms with E-state index in [0.29, 0.717) is 0 Å². The largest absolute Gasteiger partial charge is 0.310 e. The first-order chi connectivity index (χ1) is 38.5. The average Bonchev–Trinajstić information content (AvgIpc) is 2.19. The van der Waals surface area contributed by atoms with E-state index in [4.69, 9.17) is 0 Å². The van der Waals surface area contributed by atoms with E-state index in [1.165, 1.54) is 165 Å². The molecule has 0 amide bonds. The van der Waals surface area contributed by atoms with Gasteiger partial charge >= 0.3 is 0 Å². The van der Waals surface area contributed by atoms with Gasteiger partial charge in [0, 0.05) is 60.1 Å². The lowest BCUT2D eigenvalue weighted by Gasteiger charge is -2.36. The van der Waals surface area contributed by atoms with Gasteiger partial charge in [-0.3, -0.25) is 0 Å². The molecule has 2 aliphatic rings. The highest BCUT2D eigenvalue weighted by atomic mass is 15.0.